The smallest absolute Gasteiger partial charge is 0.268 e. The standard InChI is InChI=1S/C22H28N2O.C2H6/c1-5-8-9-11-18(10-6-2)16(4)23-22(25)21-15-19-14-17(7-3)12-13-20(19)24-21;1-2/h5,8-10,12-16,24H,1,6-7,11H2,2-4H3,(H,23,25);1-2H3/b9-8-,18-10+;. The zero-order valence-corrected chi connectivity index (χ0v) is 17.4. The van der Waals surface area contributed by atoms with Gasteiger partial charge in [0.1, 0.15) is 5.69 Å². The summed E-state index contributed by atoms with van der Waals surface area (Å²) in [5, 5.41) is 4.18. The molecule has 1 aromatic heterocycles. The van der Waals surface area contributed by atoms with Crippen molar-refractivity contribution in [3.8, 4) is 0 Å². The molecule has 1 unspecified atom stereocenters. The van der Waals surface area contributed by atoms with Crippen molar-refractivity contribution in [1.29, 1.82) is 0 Å². The van der Waals surface area contributed by atoms with Crippen LogP contribution < -0.4 is 5.32 Å². The minimum absolute atomic E-state index is 0.0143. The first-order chi connectivity index (χ1) is 13.1. The van der Waals surface area contributed by atoms with Crippen LogP contribution in [0.15, 0.2) is 60.7 Å². The van der Waals surface area contributed by atoms with Crippen molar-refractivity contribution >= 4 is 16.8 Å². The van der Waals surface area contributed by atoms with Gasteiger partial charge in [-0.2, -0.15) is 0 Å². The SMILES string of the molecule is C=C/C=C\C/C(=C\CC)C(C)NC(=O)c1cc2cc(CC)ccc2[nH]1.CC. The minimum Gasteiger partial charge on any atom is -0.351 e. The van der Waals surface area contributed by atoms with Crippen molar-refractivity contribution in [3.63, 3.8) is 0 Å². The number of aromatic amines is 1. The molecule has 0 aliphatic heterocycles. The highest BCUT2D eigenvalue weighted by Gasteiger charge is 2.14. The van der Waals surface area contributed by atoms with Crippen LogP contribution in [0.4, 0.5) is 0 Å². The lowest BCUT2D eigenvalue weighted by atomic mass is 10.0. The summed E-state index contributed by atoms with van der Waals surface area (Å²) in [7, 11) is 0. The van der Waals surface area contributed by atoms with E-state index in [0.717, 1.165) is 30.2 Å². The molecule has 2 rings (SSSR count). The second-order valence-corrected chi connectivity index (χ2v) is 6.21. The van der Waals surface area contributed by atoms with Crippen LogP contribution in [-0.4, -0.2) is 16.9 Å². The number of allylic oxidation sites excluding steroid dienone is 4. The predicted octanol–water partition coefficient (Wildman–Crippen LogP) is 6.34. The number of benzene rings is 1. The molecule has 2 N–H and O–H groups in total. The van der Waals surface area contributed by atoms with Crippen molar-refractivity contribution in [2.75, 3.05) is 0 Å². The van der Waals surface area contributed by atoms with Crippen LogP contribution in [0.1, 0.15) is 63.5 Å². The summed E-state index contributed by atoms with van der Waals surface area (Å²) in [6, 6.07) is 8.18. The van der Waals surface area contributed by atoms with E-state index in [1.165, 1.54) is 11.1 Å². The van der Waals surface area contributed by atoms with E-state index in [1.807, 2.05) is 39.0 Å². The van der Waals surface area contributed by atoms with Gasteiger partial charge in [-0.3, -0.25) is 4.79 Å². The fourth-order valence-electron chi connectivity index (χ4n) is 2.89. The third kappa shape index (κ3) is 6.59. The molecule has 0 spiro atoms. The molecule has 0 bridgehead atoms. The first-order valence-electron chi connectivity index (χ1n) is 9.98. The van der Waals surface area contributed by atoms with Crippen molar-refractivity contribution in [3.05, 3.63) is 72.0 Å². The number of aromatic nitrogens is 1. The monoisotopic (exact) mass is 366 g/mol. The highest BCUT2D eigenvalue weighted by molar-refractivity contribution is 5.98. The number of amides is 1. The number of carbonyl (C=O) groups excluding carboxylic acids is 1. The topological polar surface area (TPSA) is 44.9 Å². The van der Waals surface area contributed by atoms with Gasteiger partial charge in [0.05, 0.1) is 0 Å². The molecule has 1 amide bonds. The van der Waals surface area contributed by atoms with Crippen molar-refractivity contribution in [1.82, 2.24) is 10.3 Å². The second kappa shape index (κ2) is 11.9. The second-order valence-electron chi connectivity index (χ2n) is 6.21. The van der Waals surface area contributed by atoms with E-state index in [9.17, 15) is 4.79 Å². The molecule has 0 fully saturated rings. The molecule has 1 aromatic carbocycles. The first kappa shape index (κ1) is 22.5. The van der Waals surface area contributed by atoms with Gasteiger partial charge in [0, 0.05) is 16.9 Å². The lowest BCUT2D eigenvalue weighted by Crippen LogP contribution is -2.34. The molecule has 1 atom stereocenters. The van der Waals surface area contributed by atoms with Crippen LogP contribution in [0, 0.1) is 0 Å². The summed E-state index contributed by atoms with van der Waals surface area (Å²) in [6.45, 7) is 14.0. The number of H-pyrrole nitrogens is 1. The minimum atomic E-state index is -0.0727. The van der Waals surface area contributed by atoms with Crippen LogP contribution in [-0.2, 0) is 6.42 Å². The summed E-state index contributed by atoms with van der Waals surface area (Å²) in [5.41, 5.74) is 4.08. The Morgan fingerprint density at radius 2 is 2.00 bits per heavy atom. The maximum atomic E-state index is 12.6. The number of nitrogens with one attached hydrogen (secondary N) is 2. The number of rotatable bonds is 8. The summed E-state index contributed by atoms with van der Waals surface area (Å²) >= 11 is 0. The van der Waals surface area contributed by atoms with Crippen LogP contribution in [0.5, 0.6) is 0 Å². The largest absolute Gasteiger partial charge is 0.351 e. The molecular formula is C24H34N2O. The summed E-state index contributed by atoms with van der Waals surface area (Å²) in [6.07, 6.45) is 10.7. The molecule has 146 valence electrons. The Morgan fingerprint density at radius 3 is 2.63 bits per heavy atom. The van der Waals surface area contributed by atoms with E-state index in [1.54, 1.807) is 6.08 Å². The van der Waals surface area contributed by atoms with Gasteiger partial charge >= 0.3 is 0 Å². The summed E-state index contributed by atoms with van der Waals surface area (Å²) < 4.78 is 0. The average molecular weight is 367 g/mol. The molecule has 0 saturated heterocycles. The lowest BCUT2D eigenvalue weighted by Gasteiger charge is -2.16. The quantitative estimate of drug-likeness (QED) is 0.415. The Morgan fingerprint density at radius 1 is 1.26 bits per heavy atom. The van der Waals surface area contributed by atoms with Gasteiger partial charge in [-0.05, 0) is 55.5 Å². The molecule has 0 saturated carbocycles. The number of hydrogen-bond donors (Lipinski definition) is 2. The Labute approximate surface area is 164 Å². The maximum Gasteiger partial charge on any atom is 0.268 e. The zero-order chi connectivity index (χ0) is 20.2. The molecule has 0 aliphatic rings. The van der Waals surface area contributed by atoms with Crippen molar-refractivity contribution < 1.29 is 4.79 Å². The Kier molecular flexibility index (Phi) is 9.95. The van der Waals surface area contributed by atoms with Crippen LogP contribution >= 0.6 is 0 Å². The lowest BCUT2D eigenvalue weighted by molar-refractivity contribution is 0.0941. The van der Waals surface area contributed by atoms with Crippen molar-refractivity contribution in [2.45, 2.75) is 59.9 Å². The Hall–Kier alpha value is -2.55. The number of fused-ring (bicyclic) bond motifs is 1. The Bertz CT molecular complexity index is 796. The molecule has 27 heavy (non-hydrogen) atoms. The molecular weight excluding hydrogens is 332 g/mol. The van der Waals surface area contributed by atoms with Gasteiger partial charge in [-0.15, -0.1) is 0 Å². The van der Waals surface area contributed by atoms with E-state index in [4.69, 9.17) is 0 Å². The third-order valence-electron chi connectivity index (χ3n) is 4.33. The maximum absolute atomic E-state index is 12.6. The van der Waals surface area contributed by atoms with Gasteiger partial charge < -0.3 is 10.3 Å². The zero-order valence-electron chi connectivity index (χ0n) is 17.4. The van der Waals surface area contributed by atoms with Crippen LogP contribution in [0.25, 0.3) is 10.9 Å². The van der Waals surface area contributed by atoms with E-state index < -0.39 is 0 Å². The van der Waals surface area contributed by atoms with Gasteiger partial charge in [0.15, 0.2) is 0 Å². The number of aryl methyl sites for hydroxylation is 1. The molecule has 3 heteroatoms. The fraction of sp³-hybridized carbons (Fsp3) is 0.375. The summed E-state index contributed by atoms with van der Waals surface area (Å²) in [4.78, 5) is 15.8. The number of hydrogen-bond acceptors (Lipinski definition) is 1. The first-order valence-corrected chi connectivity index (χ1v) is 9.98. The third-order valence-corrected chi connectivity index (χ3v) is 4.33. The Balaban J connectivity index is 0.00000176. The van der Waals surface area contributed by atoms with Gasteiger partial charge in [-0.1, -0.05) is 64.6 Å². The normalized spacial score (nSPS) is 12.6. The highest BCUT2D eigenvalue weighted by Crippen LogP contribution is 2.18. The molecule has 3 nitrogen and oxygen atoms in total. The van der Waals surface area contributed by atoms with Crippen LogP contribution in [0.2, 0.25) is 0 Å². The van der Waals surface area contributed by atoms with E-state index in [0.29, 0.717) is 5.69 Å². The molecule has 0 aliphatic carbocycles. The molecule has 0 radical (unpaired) electrons. The predicted molar refractivity (Wildman–Crippen MR) is 118 cm³/mol. The van der Waals surface area contributed by atoms with E-state index >= 15 is 0 Å². The van der Waals surface area contributed by atoms with Crippen LogP contribution in [0.3, 0.4) is 0 Å². The van der Waals surface area contributed by atoms with Gasteiger partial charge in [-0.25, -0.2) is 0 Å². The van der Waals surface area contributed by atoms with Crippen molar-refractivity contribution in [2.24, 2.45) is 0 Å². The summed E-state index contributed by atoms with van der Waals surface area (Å²) in [5.74, 6) is -0.0727. The average Bonchev–Trinajstić information content (AvgIpc) is 3.12. The highest BCUT2D eigenvalue weighted by atomic mass is 16.1. The number of carbonyl (C=O) groups is 1. The van der Waals surface area contributed by atoms with Gasteiger partial charge in [0.2, 0.25) is 0 Å². The molecule has 1 heterocycles. The van der Waals surface area contributed by atoms with E-state index in [-0.39, 0.29) is 11.9 Å². The fourth-order valence-corrected chi connectivity index (χ4v) is 2.89. The van der Waals surface area contributed by atoms with Gasteiger partial charge in [0.25, 0.3) is 5.91 Å². The van der Waals surface area contributed by atoms with E-state index in [2.05, 4.69) is 55.0 Å². The molecule has 2 aromatic rings.